The van der Waals surface area contributed by atoms with Crippen LogP contribution in [0, 0.1) is 0 Å². The van der Waals surface area contributed by atoms with Crippen molar-refractivity contribution in [3.05, 3.63) is 36.0 Å². The first kappa shape index (κ1) is 9.91. The van der Waals surface area contributed by atoms with Crippen molar-refractivity contribution in [3.8, 4) is 0 Å². The van der Waals surface area contributed by atoms with E-state index < -0.39 is 0 Å². The molecule has 1 atom stereocenters. The Morgan fingerprint density at radius 1 is 1.31 bits per heavy atom. The molecule has 0 radical (unpaired) electrons. The average molecular weight is 215 g/mol. The van der Waals surface area contributed by atoms with Crippen LogP contribution in [0.3, 0.4) is 0 Å². The lowest BCUT2D eigenvalue weighted by Gasteiger charge is -2.28. The second kappa shape index (κ2) is 3.63. The Bertz CT molecular complexity index is 508. The summed E-state index contributed by atoms with van der Waals surface area (Å²) in [5.41, 5.74) is 2.27. The van der Waals surface area contributed by atoms with E-state index in [1.807, 2.05) is 13.0 Å². The number of hydrogen-bond acceptors (Lipinski definition) is 1. The monoisotopic (exact) mass is 215 g/mol. The molecule has 1 aliphatic carbocycles. The van der Waals surface area contributed by atoms with Crippen LogP contribution in [0.1, 0.15) is 43.9 Å². The summed E-state index contributed by atoms with van der Waals surface area (Å²) in [5.74, 6) is 0. The maximum Gasteiger partial charge on any atom is 0.0762 e. The summed E-state index contributed by atoms with van der Waals surface area (Å²) < 4.78 is 2.37. The Labute approximate surface area is 95.5 Å². The van der Waals surface area contributed by atoms with Crippen molar-refractivity contribution in [3.63, 3.8) is 0 Å². The van der Waals surface area contributed by atoms with Gasteiger partial charge in [0, 0.05) is 17.8 Å². The van der Waals surface area contributed by atoms with Crippen LogP contribution in [0.15, 0.2) is 30.5 Å². The maximum absolute atomic E-state index is 9.61. The molecule has 0 bridgehead atoms. The van der Waals surface area contributed by atoms with Crippen LogP contribution in [0.25, 0.3) is 10.9 Å². The van der Waals surface area contributed by atoms with Crippen molar-refractivity contribution in [1.29, 1.82) is 0 Å². The fourth-order valence-electron chi connectivity index (χ4n) is 2.41. The first-order valence-corrected chi connectivity index (χ1v) is 6.04. The highest BCUT2D eigenvalue weighted by molar-refractivity contribution is 5.81. The van der Waals surface area contributed by atoms with Crippen LogP contribution in [0.5, 0.6) is 0 Å². The van der Waals surface area contributed by atoms with Gasteiger partial charge in [-0.15, -0.1) is 0 Å². The number of benzene rings is 1. The van der Waals surface area contributed by atoms with Gasteiger partial charge in [-0.1, -0.05) is 12.1 Å². The Hall–Kier alpha value is -1.28. The van der Waals surface area contributed by atoms with Gasteiger partial charge in [0.05, 0.1) is 6.10 Å². The normalized spacial score (nSPS) is 18.6. The molecule has 0 spiro atoms. The van der Waals surface area contributed by atoms with Gasteiger partial charge in [0.15, 0.2) is 0 Å². The Morgan fingerprint density at radius 2 is 2.12 bits per heavy atom. The zero-order valence-electron chi connectivity index (χ0n) is 9.56. The Balaban J connectivity index is 2.11. The van der Waals surface area contributed by atoms with Gasteiger partial charge in [0.1, 0.15) is 0 Å². The molecule has 1 unspecified atom stereocenters. The fourth-order valence-corrected chi connectivity index (χ4v) is 2.41. The topological polar surface area (TPSA) is 25.2 Å². The maximum atomic E-state index is 9.61. The van der Waals surface area contributed by atoms with Crippen LogP contribution < -0.4 is 0 Å². The highest BCUT2D eigenvalue weighted by atomic mass is 16.3. The summed E-state index contributed by atoms with van der Waals surface area (Å²) in [5, 5.41) is 10.9. The van der Waals surface area contributed by atoms with E-state index in [4.69, 9.17) is 0 Å². The van der Waals surface area contributed by atoms with E-state index in [0.717, 1.165) is 5.56 Å². The minimum absolute atomic E-state index is 0.380. The molecule has 1 saturated carbocycles. The molecule has 16 heavy (non-hydrogen) atoms. The minimum Gasteiger partial charge on any atom is -0.389 e. The van der Waals surface area contributed by atoms with Crippen LogP contribution in [-0.4, -0.2) is 9.67 Å². The molecule has 2 heteroatoms. The van der Waals surface area contributed by atoms with Crippen molar-refractivity contribution in [2.45, 2.75) is 38.3 Å². The Kier molecular flexibility index (Phi) is 2.25. The predicted molar refractivity (Wildman–Crippen MR) is 65.5 cm³/mol. The van der Waals surface area contributed by atoms with Gasteiger partial charge >= 0.3 is 0 Å². The third-order valence-electron chi connectivity index (χ3n) is 3.70. The number of nitrogens with zero attached hydrogens (tertiary/aromatic N) is 1. The molecule has 1 aromatic heterocycles. The molecule has 1 aliphatic rings. The van der Waals surface area contributed by atoms with Crippen LogP contribution in [-0.2, 0) is 0 Å². The van der Waals surface area contributed by atoms with Crippen molar-refractivity contribution in [2.24, 2.45) is 0 Å². The first-order chi connectivity index (χ1) is 7.75. The van der Waals surface area contributed by atoms with Gasteiger partial charge in [0.2, 0.25) is 0 Å². The lowest BCUT2D eigenvalue weighted by molar-refractivity contribution is 0.199. The zero-order chi connectivity index (χ0) is 11.1. The Morgan fingerprint density at radius 3 is 2.75 bits per heavy atom. The minimum atomic E-state index is -0.380. The second-order valence-electron chi connectivity index (χ2n) is 4.80. The van der Waals surface area contributed by atoms with Crippen LogP contribution in [0.2, 0.25) is 0 Å². The first-order valence-electron chi connectivity index (χ1n) is 6.04. The molecule has 3 rings (SSSR count). The summed E-state index contributed by atoms with van der Waals surface area (Å²) >= 11 is 0. The molecular weight excluding hydrogens is 198 g/mol. The van der Waals surface area contributed by atoms with Gasteiger partial charge in [-0.05, 0) is 49.3 Å². The molecule has 84 valence electrons. The smallest absolute Gasteiger partial charge is 0.0762 e. The number of rotatable bonds is 2. The summed E-state index contributed by atoms with van der Waals surface area (Å²) in [6, 6.07) is 9.09. The number of hydrogen-bond donors (Lipinski definition) is 1. The van der Waals surface area contributed by atoms with Crippen molar-refractivity contribution < 1.29 is 5.11 Å². The average Bonchev–Trinajstić information content (AvgIpc) is 2.59. The molecule has 2 nitrogen and oxygen atoms in total. The number of aliphatic hydroxyl groups is 1. The fraction of sp³-hybridized carbons (Fsp3) is 0.429. The third kappa shape index (κ3) is 1.45. The number of aromatic nitrogens is 1. The van der Waals surface area contributed by atoms with Crippen LogP contribution in [0.4, 0.5) is 0 Å². The van der Waals surface area contributed by atoms with E-state index in [2.05, 4.69) is 29.0 Å². The largest absolute Gasteiger partial charge is 0.389 e. The molecule has 2 aromatic rings. The second-order valence-corrected chi connectivity index (χ2v) is 4.80. The van der Waals surface area contributed by atoms with Crippen molar-refractivity contribution in [1.82, 2.24) is 4.57 Å². The number of aliphatic hydroxyl groups excluding tert-OH is 1. The number of fused-ring (bicyclic) bond motifs is 1. The lowest BCUT2D eigenvalue weighted by Crippen LogP contribution is -2.15. The van der Waals surface area contributed by atoms with E-state index in [-0.39, 0.29) is 6.10 Å². The predicted octanol–water partition coefficient (Wildman–Crippen LogP) is 3.42. The zero-order valence-corrected chi connectivity index (χ0v) is 9.56. The highest BCUT2D eigenvalue weighted by Crippen LogP contribution is 2.35. The standard InChI is InChI=1S/C14H17NO/c1-10(16)12-6-5-11-7-8-15(14(11)9-12)13-3-2-4-13/h5-10,13,16H,2-4H2,1H3. The summed E-state index contributed by atoms with van der Waals surface area (Å²) in [6.07, 6.45) is 5.74. The molecule has 1 aromatic carbocycles. The van der Waals surface area contributed by atoms with E-state index >= 15 is 0 Å². The van der Waals surface area contributed by atoms with E-state index in [9.17, 15) is 5.11 Å². The van der Waals surface area contributed by atoms with Gasteiger partial charge in [0.25, 0.3) is 0 Å². The molecule has 1 N–H and O–H groups in total. The van der Waals surface area contributed by atoms with Crippen LogP contribution >= 0.6 is 0 Å². The van der Waals surface area contributed by atoms with Gasteiger partial charge in [-0.2, -0.15) is 0 Å². The summed E-state index contributed by atoms with van der Waals surface area (Å²) in [4.78, 5) is 0. The lowest BCUT2D eigenvalue weighted by atomic mass is 9.93. The van der Waals surface area contributed by atoms with Crippen molar-refractivity contribution in [2.75, 3.05) is 0 Å². The van der Waals surface area contributed by atoms with E-state index in [1.165, 1.54) is 30.2 Å². The van der Waals surface area contributed by atoms with Gasteiger partial charge in [-0.3, -0.25) is 0 Å². The van der Waals surface area contributed by atoms with Crippen molar-refractivity contribution >= 4 is 10.9 Å². The molecular formula is C14H17NO. The summed E-state index contributed by atoms with van der Waals surface area (Å²) in [6.45, 7) is 1.82. The SMILES string of the molecule is CC(O)c1ccc2ccn(C3CCC3)c2c1. The molecule has 1 fully saturated rings. The van der Waals surface area contributed by atoms with E-state index in [1.54, 1.807) is 0 Å². The third-order valence-corrected chi connectivity index (χ3v) is 3.70. The molecule has 0 aliphatic heterocycles. The molecule has 0 saturated heterocycles. The molecule has 0 amide bonds. The van der Waals surface area contributed by atoms with Gasteiger partial charge in [-0.25, -0.2) is 0 Å². The highest BCUT2D eigenvalue weighted by Gasteiger charge is 2.20. The quantitative estimate of drug-likeness (QED) is 0.815. The van der Waals surface area contributed by atoms with Gasteiger partial charge < -0.3 is 9.67 Å². The van der Waals surface area contributed by atoms with E-state index in [0.29, 0.717) is 6.04 Å². The molecule has 1 heterocycles. The summed E-state index contributed by atoms with van der Waals surface area (Å²) in [7, 11) is 0.